The number of likely N-dealkylation sites (tertiary alicyclic amines) is 1. The van der Waals surface area contributed by atoms with Crippen LogP contribution in [0.5, 0.6) is 0 Å². The summed E-state index contributed by atoms with van der Waals surface area (Å²) in [7, 11) is 0. The number of nitrogens with zero attached hydrogens (tertiary/aromatic N) is 1. The first-order chi connectivity index (χ1) is 18.0. The number of benzene rings is 3. The van der Waals surface area contributed by atoms with Crippen molar-refractivity contribution in [2.45, 2.75) is 39.7 Å². The van der Waals surface area contributed by atoms with Crippen molar-refractivity contribution in [2.24, 2.45) is 11.8 Å². The smallest absolute Gasteiger partial charge is 0.338 e. The minimum absolute atomic E-state index is 0.0464. The Balaban J connectivity index is 1.30. The number of carbonyl (C=O) groups excluding carboxylic acids is 3. The Morgan fingerprint density at radius 1 is 0.973 bits per heavy atom. The molecule has 0 radical (unpaired) electrons. The summed E-state index contributed by atoms with van der Waals surface area (Å²) in [6.45, 7) is 5.84. The average Bonchev–Trinajstić information content (AvgIpc) is 2.92. The number of ether oxygens (including phenoxy) is 1. The number of urea groups is 1. The number of hydrogen-bond acceptors (Lipinski definition) is 4. The van der Waals surface area contributed by atoms with Crippen LogP contribution in [0.4, 0.5) is 10.5 Å². The van der Waals surface area contributed by atoms with Gasteiger partial charge in [-0.1, -0.05) is 61.9 Å². The molecule has 0 bridgehead atoms. The van der Waals surface area contributed by atoms with E-state index in [0.717, 1.165) is 23.8 Å². The number of amides is 3. The van der Waals surface area contributed by atoms with Crippen molar-refractivity contribution in [1.82, 2.24) is 10.2 Å². The predicted octanol–water partition coefficient (Wildman–Crippen LogP) is 5.60. The first-order valence-electron chi connectivity index (χ1n) is 13.0. The molecule has 0 spiro atoms. The van der Waals surface area contributed by atoms with Crippen LogP contribution in [0.3, 0.4) is 0 Å². The fourth-order valence-corrected chi connectivity index (χ4v) is 5.09. The summed E-state index contributed by atoms with van der Waals surface area (Å²) >= 11 is 0. The molecule has 0 aliphatic carbocycles. The van der Waals surface area contributed by atoms with E-state index >= 15 is 0 Å². The lowest BCUT2D eigenvalue weighted by Crippen LogP contribution is -2.46. The third-order valence-electron chi connectivity index (χ3n) is 7.13. The molecule has 1 saturated heterocycles. The number of fused-ring (bicyclic) bond motifs is 1. The minimum atomic E-state index is -0.413. The van der Waals surface area contributed by atoms with Crippen molar-refractivity contribution in [2.75, 3.05) is 25.0 Å². The lowest BCUT2D eigenvalue weighted by Gasteiger charge is -2.38. The number of anilines is 1. The molecule has 2 atom stereocenters. The molecular weight excluding hydrogens is 466 g/mol. The molecule has 3 amide bonds. The van der Waals surface area contributed by atoms with Gasteiger partial charge in [-0.05, 0) is 59.7 Å². The van der Waals surface area contributed by atoms with Crippen LogP contribution in [0.1, 0.15) is 49.0 Å². The Labute approximate surface area is 218 Å². The van der Waals surface area contributed by atoms with Crippen LogP contribution >= 0.6 is 0 Å². The summed E-state index contributed by atoms with van der Waals surface area (Å²) in [5, 5.41) is 8.33. The third-order valence-corrected chi connectivity index (χ3v) is 7.13. The highest BCUT2D eigenvalue weighted by Gasteiger charge is 2.31. The van der Waals surface area contributed by atoms with E-state index in [2.05, 4.69) is 41.8 Å². The van der Waals surface area contributed by atoms with E-state index in [1.54, 1.807) is 36.1 Å². The lowest BCUT2D eigenvalue weighted by atomic mass is 9.81. The Kier molecular flexibility index (Phi) is 8.77. The van der Waals surface area contributed by atoms with E-state index in [0.29, 0.717) is 43.9 Å². The van der Waals surface area contributed by atoms with Crippen molar-refractivity contribution >= 4 is 34.4 Å². The third kappa shape index (κ3) is 6.67. The Morgan fingerprint density at radius 2 is 1.76 bits per heavy atom. The molecular formula is C30H35N3O4. The van der Waals surface area contributed by atoms with E-state index in [4.69, 9.17) is 4.74 Å². The molecule has 7 nitrogen and oxygen atoms in total. The predicted molar refractivity (Wildman–Crippen MR) is 145 cm³/mol. The number of hydrogen-bond donors (Lipinski definition) is 2. The van der Waals surface area contributed by atoms with Gasteiger partial charge < -0.3 is 20.3 Å². The highest BCUT2D eigenvalue weighted by atomic mass is 16.5. The van der Waals surface area contributed by atoms with Crippen LogP contribution in [-0.4, -0.2) is 42.5 Å². The van der Waals surface area contributed by atoms with E-state index in [1.165, 1.54) is 5.39 Å². The van der Waals surface area contributed by atoms with Gasteiger partial charge in [-0.2, -0.15) is 0 Å². The highest BCUT2D eigenvalue weighted by molar-refractivity contribution is 5.94. The zero-order valence-corrected chi connectivity index (χ0v) is 21.5. The van der Waals surface area contributed by atoms with Gasteiger partial charge in [0.1, 0.15) is 0 Å². The summed E-state index contributed by atoms with van der Waals surface area (Å²) in [5.74, 6) is 0.108. The van der Waals surface area contributed by atoms with E-state index in [1.807, 2.05) is 18.2 Å². The van der Waals surface area contributed by atoms with Crippen LogP contribution in [0.2, 0.25) is 0 Å². The van der Waals surface area contributed by atoms with Crippen LogP contribution in [0, 0.1) is 11.8 Å². The minimum Gasteiger partial charge on any atom is -0.462 e. The molecule has 7 heteroatoms. The van der Waals surface area contributed by atoms with Gasteiger partial charge >= 0.3 is 12.0 Å². The molecule has 0 saturated carbocycles. The lowest BCUT2D eigenvalue weighted by molar-refractivity contribution is -0.123. The van der Waals surface area contributed by atoms with Gasteiger partial charge in [0.15, 0.2) is 0 Å². The number of esters is 1. The normalized spacial score (nSPS) is 17.3. The molecule has 37 heavy (non-hydrogen) atoms. The number of rotatable bonds is 8. The molecule has 3 aromatic rings. The first kappa shape index (κ1) is 26.2. The maximum absolute atomic E-state index is 13.0. The van der Waals surface area contributed by atoms with Gasteiger partial charge in [-0.15, -0.1) is 0 Å². The Bertz CT molecular complexity index is 1250. The van der Waals surface area contributed by atoms with Crippen molar-refractivity contribution in [3.8, 4) is 0 Å². The van der Waals surface area contributed by atoms with Crippen molar-refractivity contribution < 1.29 is 19.1 Å². The van der Waals surface area contributed by atoms with Crippen LogP contribution in [0.25, 0.3) is 10.8 Å². The molecule has 2 N–H and O–H groups in total. The fraction of sp³-hybridized carbons (Fsp3) is 0.367. The Morgan fingerprint density at radius 3 is 2.57 bits per heavy atom. The number of piperidine rings is 1. The molecule has 0 aromatic heterocycles. The van der Waals surface area contributed by atoms with Gasteiger partial charge in [-0.3, -0.25) is 4.79 Å². The number of carbonyl (C=O) groups is 3. The van der Waals surface area contributed by atoms with E-state index in [-0.39, 0.29) is 23.8 Å². The molecule has 1 aliphatic rings. The Hall–Kier alpha value is -3.87. The molecule has 194 valence electrons. The summed E-state index contributed by atoms with van der Waals surface area (Å²) in [6.07, 6.45) is 2.13. The van der Waals surface area contributed by atoms with Crippen molar-refractivity contribution in [1.29, 1.82) is 0 Å². The van der Waals surface area contributed by atoms with Crippen molar-refractivity contribution in [3.63, 3.8) is 0 Å². The molecule has 4 rings (SSSR count). The second-order valence-corrected chi connectivity index (χ2v) is 9.51. The second-order valence-electron chi connectivity index (χ2n) is 9.51. The van der Waals surface area contributed by atoms with Gasteiger partial charge in [0.05, 0.1) is 12.2 Å². The standard InChI is InChI=1S/C30H35N3O4/c1-3-21-20-33(30(36)32-26-13-8-11-24(17-26)29(35)37-4-2)16-15-23(21)18-28(34)31-19-25-12-7-10-22-9-5-6-14-27(22)25/h5-14,17,21,23H,3-4,15-16,18-20H2,1-2H3,(H,31,34)(H,32,36)/t21-,23+/m1/s1. The molecule has 1 fully saturated rings. The summed E-state index contributed by atoms with van der Waals surface area (Å²) < 4.78 is 5.04. The summed E-state index contributed by atoms with van der Waals surface area (Å²) in [6, 6.07) is 20.9. The van der Waals surface area contributed by atoms with Gasteiger partial charge in [0, 0.05) is 31.7 Å². The molecule has 3 aromatic carbocycles. The van der Waals surface area contributed by atoms with Gasteiger partial charge in [0.2, 0.25) is 5.91 Å². The van der Waals surface area contributed by atoms with Crippen molar-refractivity contribution in [3.05, 3.63) is 77.9 Å². The van der Waals surface area contributed by atoms with Gasteiger partial charge in [0.25, 0.3) is 0 Å². The monoisotopic (exact) mass is 501 g/mol. The SMILES string of the molecule is CCOC(=O)c1cccc(NC(=O)N2CC[C@@H](CC(=O)NCc3cccc4ccccc34)[C@H](CC)C2)c1. The zero-order chi connectivity index (χ0) is 26.2. The molecule has 1 aliphatic heterocycles. The highest BCUT2D eigenvalue weighted by Crippen LogP contribution is 2.29. The fourth-order valence-electron chi connectivity index (χ4n) is 5.09. The number of nitrogens with one attached hydrogen (secondary N) is 2. The summed E-state index contributed by atoms with van der Waals surface area (Å²) in [4.78, 5) is 39.6. The average molecular weight is 502 g/mol. The topological polar surface area (TPSA) is 87.7 Å². The van der Waals surface area contributed by atoms with E-state index in [9.17, 15) is 14.4 Å². The van der Waals surface area contributed by atoms with Gasteiger partial charge in [-0.25, -0.2) is 9.59 Å². The maximum Gasteiger partial charge on any atom is 0.338 e. The first-order valence-corrected chi connectivity index (χ1v) is 13.0. The molecule has 0 unspecified atom stereocenters. The quantitative estimate of drug-likeness (QED) is 0.393. The van der Waals surface area contributed by atoms with Crippen LogP contribution in [-0.2, 0) is 16.1 Å². The molecule has 1 heterocycles. The summed E-state index contributed by atoms with van der Waals surface area (Å²) in [5.41, 5.74) is 2.06. The van der Waals surface area contributed by atoms with E-state index < -0.39 is 5.97 Å². The van der Waals surface area contributed by atoms with Crippen LogP contribution in [0.15, 0.2) is 66.7 Å². The zero-order valence-electron chi connectivity index (χ0n) is 21.5. The largest absolute Gasteiger partial charge is 0.462 e. The maximum atomic E-state index is 13.0. The van der Waals surface area contributed by atoms with Crippen LogP contribution < -0.4 is 10.6 Å². The second kappa shape index (κ2) is 12.4.